The average molecular weight is 254 g/mol. The van der Waals surface area contributed by atoms with Crippen molar-refractivity contribution < 1.29 is 0 Å². The summed E-state index contributed by atoms with van der Waals surface area (Å²) in [5, 5.41) is 4.97. The van der Waals surface area contributed by atoms with Crippen LogP contribution in [-0.4, -0.2) is 11.0 Å². The summed E-state index contributed by atoms with van der Waals surface area (Å²) in [5.41, 5.74) is 2.31. The van der Waals surface area contributed by atoms with Gasteiger partial charge in [0, 0.05) is 23.3 Å². The van der Waals surface area contributed by atoms with Gasteiger partial charge in [0.15, 0.2) is 0 Å². The molecule has 0 spiro atoms. The molecule has 1 aromatic heterocycles. The molecule has 1 aliphatic rings. The molecule has 0 radical (unpaired) electrons. The molecule has 100 valence electrons. The molecular formula is C17H22N2. The molecule has 2 heteroatoms. The van der Waals surface area contributed by atoms with E-state index >= 15 is 0 Å². The van der Waals surface area contributed by atoms with E-state index in [0.717, 1.165) is 17.4 Å². The van der Waals surface area contributed by atoms with Crippen LogP contribution < -0.4 is 5.32 Å². The lowest BCUT2D eigenvalue weighted by Gasteiger charge is -2.33. The van der Waals surface area contributed by atoms with Crippen molar-refractivity contribution in [1.82, 2.24) is 4.98 Å². The Kier molecular flexibility index (Phi) is 3.41. The van der Waals surface area contributed by atoms with Gasteiger partial charge in [-0.15, -0.1) is 0 Å². The number of fused-ring (bicyclic) bond motifs is 1. The van der Waals surface area contributed by atoms with Crippen LogP contribution in [0.15, 0.2) is 36.5 Å². The van der Waals surface area contributed by atoms with E-state index < -0.39 is 0 Å². The quantitative estimate of drug-likeness (QED) is 0.855. The number of aromatic nitrogens is 1. The molecule has 1 saturated carbocycles. The number of benzene rings is 1. The molecule has 1 aromatic carbocycles. The number of hydrogen-bond donors (Lipinski definition) is 1. The van der Waals surface area contributed by atoms with Gasteiger partial charge in [0.25, 0.3) is 0 Å². The summed E-state index contributed by atoms with van der Waals surface area (Å²) in [4.78, 5) is 4.42. The standard InChI is InChI=1S/C17H22N2/c1-12-7-8-14(11-13(12)2)19-17-9-10-18-16-6-4-3-5-15(16)17/h3-6,9-10,12-14H,7-8,11H2,1-2H3,(H,18,19). The zero-order valence-corrected chi connectivity index (χ0v) is 11.8. The first-order valence-electron chi connectivity index (χ1n) is 7.34. The van der Waals surface area contributed by atoms with Crippen LogP contribution in [0.2, 0.25) is 0 Å². The summed E-state index contributed by atoms with van der Waals surface area (Å²) >= 11 is 0. The van der Waals surface area contributed by atoms with Gasteiger partial charge < -0.3 is 5.32 Å². The number of anilines is 1. The van der Waals surface area contributed by atoms with Crippen molar-refractivity contribution in [2.45, 2.75) is 39.2 Å². The Morgan fingerprint density at radius 3 is 2.74 bits per heavy atom. The fourth-order valence-electron chi connectivity index (χ4n) is 3.12. The highest BCUT2D eigenvalue weighted by molar-refractivity contribution is 5.90. The van der Waals surface area contributed by atoms with Crippen molar-refractivity contribution in [3.63, 3.8) is 0 Å². The summed E-state index contributed by atoms with van der Waals surface area (Å²) in [6, 6.07) is 11.1. The predicted octanol–water partition coefficient (Wildman–Crippen LogP) is 4.47. The second-order valence-corrected chi connectivity index (χ2v) is 5.98. The SMILES string of the molecule is CC1CCC(Nc2ccnc3ccccc23)CC1C. The lowest BCUT2D eigenvalue weighted by molar-refractivity contribution is 0.261. The van der Waals surface area contributed by atoms with Crippen LogP contribution in [0.25, 0.3) is 10.9 Å². The Bertz CT molecular complexity index is 559. The zero-order chi connectivity index (χ0) is 13.2. The number of hydrogen-bond acceptors (Lipinski definition) is 2. The summed E-state index contributed by atoms with van der Waals surface area (Å²) in [7, 11) is 0. The topological polar surface area (TPSA) is 24.9 Å². The Morgan fingerprint density at radius 1 is 1.05 bits per heavy atom. The first-order valence-corrected chi connectivity index (χ1v) is 7.34. The third kappa shape index (κ3) is 2.58. The predicted molar refractivity (Wildman–Crippen MR) is 81.3 cm³/mol. The van der Waals surface area contributed by atoms with Gasteiger partial charge in [-0.2, -0.15) is 0 Å². The molecule has 2 nitrogen and oxygen atoms in total. The maximum absolute atomic E-state index is 4.42. The minimum Gasteiger partial charge on any atom is -0.382 e. The maximum atomic E-state index is 4.42. The fraction of sp³-hybridized carbons (Fsp3) is 0.471. The van der Waals surface area contributed by atoms with Gasteiger partial charge in [-0.1, -0.05) is 32.0 Å². The van der Waals surface area contributed by atoms with Gasteiger partial charge in [-0.05, 0) is 43.2 Å². The van der Waals surface area contributed by atoms with Crippen molar-refractivity contribution in [2.24, 2.45) is 11.8 Å². The van der Waals surface area contributed by atoms with Crippen molar-refractivity contribution in [3.8, 4) is 0 Å². The largest absolute Gasteiger partial charge is 0.382 e. The molecule has 3 rings (SSSR count). The van der Waals surface area contributed by atoms with Crippen LogP contribution >= 0.6 is 0 Å². The minimum atomic E-state index is 0.608. The van der Waals surface area contributed by atoms with Crippen LogP contribution in [0.3, 0.4) is 0 Å². The molecule has 0 bridgehead atoms. The lowest BCUT2D eigenvalue weighted by Crippen LogP contribution is -2.30. The van der Waals surface area contributed by atoms with E-state index in [2.05, 4.69) is 48.4 Å². The van der Waals surface area contributed by atoms with Gasteiger partial charge in [0.2, 0.25) is 0 Å². The highest BCUT2D eigenvalue weighted by Gasteiger charge is 2.24. The second-order valence-electron chi connectivity index (χ2n) is 5.98. The van der Waals surface area contributed by atoms with Gasteiger partial charge in [0.05, 0.1) is 5.52 Å². The van der Waals surface area contributed by atoms with Crippen molar-refractivity contribution in [2.75, 3.05) is 5.32 Å². The van der Waals surface area contributed by atoms with Crippen molar-refractivity contribution >= 4 is 16.6 Å². The summed E-state index contributed by atoms with van der Waals surface area (Å²) < 4.78 is 0. The summed E-state index contributed by atoms with van der Waals surface area (Å²) in [6.45, 7) is 4.76. The Morgan fingerprint density at radius 2 is 1.89 bits per heavy atom. The maximum Gasteiger partial charge on any atom is 0.0722 e. The van der Waals surface area contributed by atoms with E-state index in [-0.39, 0.29) is 0 Å². The van der Waals surface area contributed by atoms with E-state index in [0.29, 0.717) is 6.04 Å². The first kappa shape index (κ1) is 12.5. The molecular weight excluding hydrogens is 232 g/mol. The van der Waals surface area contributed by atoms with Crippen LogP contribution in [0, 0.1) is 11.8 Å². The van der Waals surface area contributed by atoms with E-state index in [4.69, 9.17) is 0 Å². The number of nitrogens with zero attached hydrogens (tertiary/aromatic N) is 1. The third-order valence-electron chi connectivity index (χ3n) is 4.61. The van der Waals surface area contributed by atoms with Gasteiger partial charge in [-0.3, -0.25) is 4.98 Å². The Hall–Kier alpha value is -1.57. The highest BCUT2D eigenvalue weighted by Crippen LogP contribution is 2.32. The Balaban J connectivity index is 1.82. The molecule has 19 heavy (non-hydrogen) atoms. The minimum absolute atomic E-state index is 0.608. The van der Waals surface area contributed by atoms with Gasteiger partial charge in [-0.25, -0.2) is 0 Å². The van der Waals surface area contributed by atoms with Crippen molar-refractivity contribution in [3.05, 3.63) is 36.5 Å². The van der Waals surface area contributed by atoms with Crippen LogP contribution in [-0.2, 0) is 0 Å². The number of rotatable bonds is 2. The lowest BCUT2D eigenvalue weighted by atomic mass is 9.79. The van der Waals surface area contributed by atoms with Crippen LogP contribution in [0.5, 0.6) is 0 Å². The smallest absolute Gasteiger partial charge is 0.0722 e. The monoisotopic (exact) mass is 254 g/mol. The molecule has 1 heterocycles. The van der Waals surface area contributed by atoms with Crippen LogP contribution in [0.1, 0.15) is 33.1 Å². The van der Waals surface area contributed by atoms with E-state index in [1.165, 1.54) is 30.3 Å². The molecule has 1 fully saturated rings. The van der Waals surface area contributed by atoms with Gasteiger partial charge in [0.1, 0.15) is 0 Å². The molecule has 2 aromatic rings. The molecule has 0 amide bonds. The molecule has 1 N–H and O–H groups in total. The normalized spacial score (nSPS) is 27.4. The molecule has 0 aliphatic heterocycles. The van der Waals surface area contributed by atoms with E-state index in [1.54, 1.807) is 0 Å². The molecule has 3 atom stereocenters. The summed E-state index contributed by atoms with van der Waals surface area (Å²) in [6.07, 6.45) is 5.79. The van der Waals surface area contributed by atoms with Crippen molar-refractivity contribution in [1.29, 1.82) is 0 Å². The van der Waals surface area contributed by atoms with Crippen LogP contribution in [0.4, 0.5) is 5.69 Å². The average Bonchev–Trinajstić information content (AvgIpc) is 2.43. The number of para-hydroxylation sites is 1. The molecule has 0 saturated heterocycles. The van der Waals surface area contributed by atoms with Gasteiger partial charge >= 0.3 is 0 Å². The molecule has 3 unspecified atom stereocenters. The molecule has 1 aliphatic carbocycles. The van der Waals surface area contributed by atoms with E-state index in [9.17, 15) is 0 Å². The second kappa shape index (κ2) is 5.20. The zero-order valence-electron chi connectivity index (χ0n) is 11.8. The first-order chi connectivity index (χ1) is 9.24. The number of pyridine rings is 1. The number of nitrogens with one attached hydrogen (secondary N) is 1. The van der Waals surface area contributed by atoms with E-state index in [1.807, 2.05) is 12.3 Å². The third-order valence-corrected chi connectivity index (χ3v) is 4.61. The summed E-state index contributed by atoms with van der Waals surface area (Å²) in [5.74, 6) is 1.69. The fourth-order valence-corrected chi connectivity index (χ4v) is 3.12. The highest BCUT2D eigenvalue weighted by atomic mass is 14.9. The Labute approximate surface area is 115 Å².